The van der Waals surface area contributed by atoms with Crippen molar-refractivity contribution in [3.05, 3.63) is 30.3 Å². The molecule has 0 saturated heterocycles. The van der Waals surface area contributed by atoms with Gasteiger partial charge < -0.3 is 4.74 Å². The number of ether oxygens (including phenoxy) is 1. The Bertz CT molecular complexity index is 320. The van der Waals surface area contributed by atoms with Gasteiger partial charge in [-0.1, -0.05) is 18.2 Å². The third-order valence-electron chi connectivity index (χ3n) is 1.88. The number of hydrogen-bond donors (Lipinski definition) is 0. The Kier molecular flexibility index (Phi) is 4.21. The molecule has 15 heavy (non-hydrogen) atoms. The summed E-state index contributed by atoms with van der Waals surface area (Å²) in [4.78, 5) is 12.7. The van der Waals surface area contributed by atoms with Crippen LogP contribution in [0.15, 0.2) is 35.2 Å². The molecular formula is C12H16O2S. The third kappa shape index (κ3) is 3.59. The van der Waals surface area contributed by atoms with Crippen molar-refractivity contribution in [3.8, 4) is 0 Å². The minimum absolute atomic E-state index is 0.168. The van der Waals surface area contributed by atoms with E-state index >= 15 is 0 Å². The van der Waals surface area contributed by atoms with Crippen molar-refractivity contribution in [1.82, 2.24) is 0 Å². The zero-order chi connectivity index (χ0) is 11.3. The van der Waals surface area contributed by atoms with E-state index in [1.54, 1.807) is 0 Å². The fourth-order valence-electron chi connectivity index (χ4n) is 1.13. The minimum Gasteiger partial charge on any atom is -0.465 e. The molecular weight excluding hydrogens is 208 g/mol. The van der Waals surface area contributed by atoms with Crippen LogP contribution >= 0.6 is 11.8 Å². The normalized spacial score (nSPS) is 11.1. The molecule has 0 spiro atoms. The van der Waals surface area contributed by atoms with Gasteiger partial charge in [-0.15, -0.1) is 11.8 Å². The molecule has 0 N–H and O–H groups in total. The summed E-state index contributed by atoms with van der Waals surface area (Å²) >= 11 is 1.52. The molecule has 0 fully saturated rings. The Morgan fingerprint density at radius 2 is 1.93 bits per heavy atom. The minimum atomic E-state index is -0.530. The first-order valence-corrected chi connectivity index (χ1v) is 5.79. The summed E-state index contributed by atoms with van der Waals surface area (Å²) in [6.07, 6.45) is 0. The monoisotopic (exact) mass is 224 g/mol. The van der Waals surface area contributed by atoms with Crippen molar-refractivity contribution >= 4 is 17.7 Å². The Morgan fingerprint density at radius 3 is 2.47 bits per heavy atom. The predicted molar refractivity (Wildman–Crippen MR) is 63.0 cm³/mol. The Hall–Kier alpha value is -0.960. The number of hydrogen-bond acceptors (Lipinski definition) is 3. The highest BCUT2D eigenvalue weighted by Crippen LogP contribution is 2.33. The van der Waals surface area contributed by atoms with E-state index < -0.39 is 4.75 Å². The lowest BCUT2D eigenvalue weighted by atomic mass is 10.2. The number of benzene rings is 1. The van der Waals surface area contributed by atoms with Crippen LogP contribution < -0.4 is 0 Å². The fourth-order valence-corrected chi connectivity index (χ4v) is 2.15. The molecule has 1 aromatic rings. The molecule has 0 aliphatic rings. The van der Waals surface area contributed by atoms with E-state index in [1.165, 1.54) is 11.8 Å². The Balaban J connectivity index is 2.68. The summed E-state index contributed by atoms with van der Waals surface area (Å²) in [6, 6.07) is 9.87. The van der Waals surface area contributed by atoms with Crippen LogP contribution in [-0.4, -0.2) is 17.3 Å². The largest absolute Gasteiger partial charge is 0.465 e. The van der Waals surface area contributed by atoms with E-state index in [-0.39, 0.29) is 5.97 Å². The van der Waals surface area contributed by atoms with Gasteiger partial charge >= 0.3 is 5.97 Å². The first kappa shape index (κ1) is 12.1. The maximum Gasteiger partial charge on any atom is 0.321 e. The summed E-state index contributed by atoms with van der Waals surface area (Å²) in [6.45, 7) is 6.00. The van der Waals surface area contributed by atoms with E-state index in [0.29, 0.717) is 6.61 Å². The number of esters is 1. The average Bonchev–Trinajstić information content (AvgIpc) is 2.19. The van der Waals surface area contributed by atoms with Gasteiger partial charge in [0, 0.05) is 4.90 Å². The fraction of sp³-hybridized carbons (Fsp3) is 0.417. The molecule has 0 heterocycles. The quantitative estimate of drug-likeness (QED) is 0.580. The smallest absolute Gasteiger partial charge is 0.321 e. The van der Waals surface area contributed by atoms with Crippen molar-refractivity contribution in [1.29, 1.82) is 0 Å². The zero-order valence-electron chi connectivity index (χ0n) is 9.32. The number of thioether (sulfide) groups is 1. The molecule has 2 nitrogen and oxygen atoms in total. The summed E-state index contributed by atoms with van der Waals surface area (Å²) in [5.74, 6) is -0.168. The summed E-state index contributed by atoms with van der Waals surface area (Å²) in [5.41, 5.74) is 0. The van der Waals surface area contributed by atoms with Crippen LogP contribution in [0.5, 0.6) is 0 Å². The van der Waals surface area contributed by atoms with Gasteiger partial charge in [-0.25, -0.2) is 0 Å². The highest BCUT2D eigenvalue weighted by Gasteiger charge is 2.30. The predicted octanol–water partition coefficient (Wildman–Crippen LogP) is 3.12. The highest BCUT2D eigenvalue weighted by molar-refractivity contribution is 8.01. The second kappa shape index (κ2) is 5.21. The second-order valence-corrected chi connectivity index (χ2v) is 5.34. The van der Waals surface area contributed by atoms with E-state index in [4.69, 9.17) is 4.74 Å². The van der Waals surface area contributed by atoms with Gasteiger partial charge in [0.1, 0.15) is 4.75 Å². The number of rotatable bonds is 4. The highest BCUT2D eigenvalue weighted by atomic mass is 32.2. The molecule has 0 aliphatic carbocycles. The van der Waals surface area contributed by atoms with Gasteiger partial charge in [0.15, 0.2) is 0 Å². The first-order chi connectivity index (χ1) is 7.06. The van der Waals surface area contributed by atoms with Crippen LogP contribution in [0.25, 0.3) is 0 Å². The van der Waals surface area contributed by atoms with Gasteiger partial charge in [-0.3, -0.25) is 4.79 Å². The molecule has 3 heteroatoms. The molecule has 0 aliphatic heterocycles. The third-order valence-corrected chi connectivity index (χ3v) is 3.07. The molecule has 0 radical (unpaired) electrons. The van der Waals surface area contributed by atoms with E-state index in [9.17, 15) is 4.79 Å². The maximum atomic E-state index is 11.6. The van der Waals surface area contributed by atoms with Crippen LogP contribution in [0, 0.1) is 0 Å². The van der Waals surface area contributed by atoms with Gasteiger partial charge in [0.25, 0.3) is 0 Å². The van der Waals surface area contributed by atoms with Crippen LogP contribution in [0.2, 0.25) is 0 Å². The van der Waals surface area contributed by atoms with Gasteiger partial charge in [-0.05, 0) is 32.9 Å². The molecule has 0 aromatic heterocycles. The molecule has 1 rings (SSSR count). The van der Waals surface area contributed by atoms with Crippen LogP contribution in [0.1, 0.15) is 20.8 Å². The van der Waals surface area contributed by atoms with Crippen LogP contribution in [0.3, 0.4) is 0 Å². The molecule has 0 unspecified atom stereocenters. The van der Waals surface area contributed by atoms with Gasteiger partial charge in [-0.2, -0.15) is 0 Å². The molecule has 0 bridgehead atoms. The lowest BCUT2D eigenvalue weighted by Gasteiger charge is -2.21. The molecule has 0 atom stereocenters. The lowest BCUT2D eigenvalue weighted by molar-refractivity contribution is -0.145. The van der Waals surface area contributed by atoms with Crippen molar-refractivity contribution in [2.24, 2.45) is 0 Å². The second-order valence-electron chi connectivity index (χ2n) is 3.65. The van der Waals surface area contributed by atoms with E-state index in [1.807, 2.05) is 51.1 Å². The zero-order valence-corrected chi connectivity index (χ0v) is 10.1. The summed E-state index contributed by atoms with van der Waals surface area (Å²) in [7, 11) is 0. The number of carbonyl (C=O) groups is 1. The van der Waals surface area contributed by atoms with Crippen LogP contribution in [0.4, 0.5) is 0 Å². The molecule has 1 aromatic carbocycles. The molecule has 82 valence electrons. The van der Waals surface area contributed by atoms with Crippen molar-refractivity contribution in [3.63, 3.8) is 0 Å². The van der Waals surface area contributed by atoms with Gasteiger partial charge in [0.2, 0.25) is 0 Å². The van der Waals surface area contributed by atoms with Crippen molar-refractivity contribution in [2.45, 2.75) is 30.4 Å². The van der Waals surface area contributed by atoms with Crippen molar-refractivity contribution < 1.29 is 9.53 Å². The average molecular weight is 224 g/mol. The molecule has 0 saturated carbocycles. The Labute approximate surface area is 95.0 Å². The standard InChI is InChI=1S/C12H16O2S/c1-4-14-11(13)12(2,3)15-10-8-6-5-7-9-10/h5-9H,4H2,1-3H3. The maximum absolute atomic E-state index is 11.6. The number of carbonyl (C=O) groups excluding carboxylic acids is 1. The van der Waals surface area contributed by atoms with E-state index in [2.05, 4.69) is 0 Å². The lowest BCUT2D eigenvalue weighted by Crippen LogP contribution is -2.29. The first-order valence-electron chi connectivity index (χ1n) is 4.97. The van der Waals surface area contributed by atoms with E-state index in [0.717, 1.165) is 4.90 Å². The summed E-state index contributed by atoms with van der Waals surface area (Å²) in [5, 5.41) is 0. The van der Waals surface area contributed by atoms with Crippen LogP contribution in [-0.2, 0) is 9.53 Å². The molecule has 0 amide bonds. The van der Waals surface area contributed by atoms with Crippen molar-refractivity contribution in [2.75, 3.05) is 6.61 Å². The Morgan fingerprint density at radius 1 is 1.33 bits per heavy atom. The SMILES string of the molecule is CCOC(=O)C(C)(C)Sc1ccccc1. The van der Waals surface area contributed by atoms with Gasteiger partial charge in [0.05, 0.1) is 6.61 Å². The topological polar surface area (TPSA) is 26.3 Å². The summed E-state index contributed by atoms with van der Waals surface area (Å²) < 4.78 is 4.49.